The number of nitrogens with two attached hydrogens (primary N) is 1. The van der Waals surface area contributed by atoms with E-state index in [0.29, 0.717) is 0 Å². The lowest BCUT2D eigenvalue weighted by atomic mass is 9.97. The number of hydrogen-bond donors (Lipinski definition) is 1. The van der Waals surface area contributed by atoms with Crippen molar-refractivity contribution in [3.63, 3.8) is 0 Å². The van der Waals surface area contributed by atoms with Gasteiger partial charge in [0.15, 0.2) is 0 Å². The van der Waals surface area contributed by atoms with Gasteiger partial charge >= 0.3 is 0 Å². The SMILES string of the molecule is Nc1ccc(-c2ccccc2Cl)c2ccccc12. The van der Waals surface area contributed by atoms with Crippen LogP contribution in [-0.2, 0) is 0 Å². The summed E-state index contributed by atoms with van der Waals surface area (Å²) in [5.41, 5.74) is 8.95. The molecule has 18 heavy (non-hydrogen) atoms. The van der Waals surface area contributed by atoms with Gasteiger partial charge in [-0.25, -0.2) is 0 Å². The zero-order chi connectivity index (χ0) is 12.5. The van der Waals surface area contributed by atoms with Gasteiger partial charge in [0.25, 0.3) is 0 Å². The first-order chi connectivity index (χ1) is 8.77. The van der Waals surface area contributed by atoms with Gasteiger partial charge in [0.1, 0.15) is 0 Å². The number of anilines is 1. The molecule has 0 atom stereocenters. The molecule has 0 fully saturated rings. The standard InChI is InChI=1S/C16H12ClN/c17-15-8-4-3-6-13(15)12-9-10-16(18)14-7-2-1-5-11(12)14/h1-10H,18H2. The summed E-state index contributed by atoms with van der Waals surface area (Å²) < 4.78 is 0. The summed E-state index contributed by atoms with van der Waals surface area (Å²) in [5, 5.41) is 2.95. The molecule has 88 valence electrons. The number of fused-ring (bicyclic) bond motifs is 1. The van der Waals surface area contributed by atoms with Crippen LogP contribution in [0.2, 0.25) is 5.02 Å². The Morgan fingerprint density at radius 1 is 0.667 bits per heavy atom. The molecular formula is C16H12ClN. The molecule has 0 aliphatic carbocycles. The smallest absolute Gasteiger partial charge is 0.0484 e. The van der Waals surface area contributed by atoms with Crippen molar-refractivity contribution in [2.45, 2.75) is 0 Å². The molecule has 0 unspecified atom stereocenters. The molecule has 1 nitrogen and oxygen atoms in total. The molecule has 3 rings (SSSR count). The minimum atomic E-state index is 0.757. The number of benzene rings is 3. The first-order valence-corrected chi connectivity index (χ1v) is 6.17. The van der Waals surface area contributed by atoms with Gasteiger partial charge in [-0.1, -0.05) is 60.1 Å². The fourth-order valence-corrected chi connectivity index (χ4v) is 2.47. The fourth-order valence-electron chi connectivity index (χ4n) is 2.24. The van der Waals surface area contributed by atoms with E-state index in [9.17, 15) is 0 Å². The average molecular weight is 254 g/mol. The molecule has 0 amide bonds. The van der Waals surface area contributed by atoms with E-state index < -0.39 is 0 Å². The van der Waals surface area contributed by atoms with Crippen LogP contribution in [0.4, 0.5) is 5.69 Å². The second-order valence-electron chi connectivity index (χ2n) is 4.23. The van der Waals surface area contributed by atoms with Gasteiger partial charge in [0, 0.05) is 21.7 Å². The van der Waals surface area contributed by atoms with E-state index in [-0.39, 0.29) is 0 Å². The first-order valence-electron chi connectivity index (χ1n) is 5.79. The highest BCUT2D eigenvalue weighted by Gasteiger charge is 2.08. The summed E-state index contributed by atoms with van der Waals surface area (Å²) in [4.78, 5) is 0. The molecular weight excluding hydrogens is 242 g/mol. The summed E-state index contributed by atoms with van der Waals surface area (Å²) in [6, 6.07) is 19.9. The Morgan fingerprint density at radius 3 is 2.11 bits per heavy atom. The van der Waals surface area contributed by atoms with Gasteiger partial charge < -0.3 is 5.73 Å². The van der Waals surface area contributed by atoms with Crippen LogP contribution in [0.25, 0.3) is 21.9 Å². The third kappa shape index (κ3) is 1.73. The van der Waals surface area contributed by atoms with Crippen molar-refractivity contribution in [1.82, 2.24) is 0 Å². The summed E-state index contributed by atoms with van der Waals surface area (Å²) in [6.07, 6.45) is 0. The largest absolute Gasteiger partial charge is 0.398 e. The van der Waals surface area contributed by atoms with Gasteiger partial charge in [-0.2, -0.15) is 0 Å². The molecule has 0 radical (unpaired) electrons. The number of hydrogen-bond acceptors (Lipinski definition) is 1. The van der Waals surface area contributed by atoms with E-state index in [1.54, 1.807) is 0 Å². The van der Waals surface area contributed by atoms with Crippen LogP contribution in [-0.4, -0.2) is 0 Å². The van der Waals surface area contributed by atoms with Crippen LogP contribution in [0.5, 0.6) is 0 Å². The quantitative estimate of drug-likeness (QED) is 0.623. The van der Waals surface area contributed by atoms with Crippen LogP contribution in [0.15, 0.2) is 60.7 Å². The van der Waals surface area contributed by atoms with E-state index in [1.807, 2.05) is 54.6 Å². The van der Waals surface area contributed by atoms with Gasteiger partial charge in [-0.15, -0.1) is 0 Å². The molecule has 0 spiro atoms. The topological polar surface area (TPSA) is 26.0 Å². The molecule has 2 heteroatoms. The number of halogens is 1. The molecule has 0 saturated heterocycles. The normalized spacial score (nSPS) is 10.7. The van der Waals surface area contributed by atoms with Crippen molar-refractivity contribution in [1.29, 1.82) is 0 Å². The highest BCUT2D eigenvalue weighted by Crippen LogP contribution is 2.35. The zero-order valence-corrected chi connectivity index (χ0v) is 10.5. The second-order valence-corrected chi connectivity index (χ2v) is 4.63. The van der Waals surface area contributed by atoms with Crippen molar-refractivity contribution in [2.75, 3.05) is 5.73 Å². The summed E-state index contributed by atoms with van der Waals surface area (Å²) >= 11 is 6.27. The Labute approximate surface area is 111 Å². The molecule has 3 aromatic rings. The highest BCUT2D eigenvalue weighted by atomic mass is 35.5. The predicted molar refractivity (Wildman–Crippen MR) is 78.8 cm³/mol. The molecule has 3 aromatic carbocycles. The van der Waals surface area contributed by atoms with E-state index in [1.165, 1.54) is 0 Å². The lowest BCUT2D eigenvalue weighted by molar-refractivity contribution is 1.64. The summed E-state index contributed by atoms with van der Waals surface area (Å²) in [7, 11) is 0. The van der Waals surface area contributed by atoms with Crippen molar-refractivity contribution in [3.8, 4) is 11.1 Å². The number of nitrogen functional groups attached to an aromatic ring is 1. The highest BCUT2D eigenvalue weighted by molar-refractivity contribution is 6.33. The number of rotatable bonds is 1. The minimum Gasteiger partial charge on any atom is -0.398 e. The van der Waals surface area contributed by atoms with E-state index in [4.69, 9.17) is 17.3 Å². The fraction of sp³-hybridized carbons (Fsp3) is 0. The third-order valence-corrected chi connectivity index (χ3v) is 3.45. The molecule has 0 aromatic heterocycles. The predicted octanol–water partition coefficient (Wildman–Crippen LogP) is 4.74. The Hall–Kier alpha value is -1.99. The van der Waals surface area contributed by atoms with Crippen LogP contribution in [0.1, 0.15) is 0 Å². The molecule has 2 N–H and O–H groups in total. The second kappa shape index (κ2) is 4.35. The maximum absolute atomic E-state index is 6.27. The molecule has 0 aliphatic heterocycles. The van der Waals surface area contributed by atoms with Gasteiger partial charge in [-0.05, 0) is 23.1 Å². The van der Waals surface area contributed by atoms with Gasteiger partial charge in [-0.3, -0.25) is 0 Å². The summed E-state index contributed by atoms with van der Waals surface area (Å²) in [5.74, 6) is 0. The Balaban J connectivity index is 2.38. The zero-order valence-electron chi connectivity index (χ0n) is 9.73. The monoisotopic (exact) mass is 253 g/mol. The molecule has 0 saturated carbocycles. The van der Waals surface area contributed by atoms with Crippen molar-refractivity contribution in [3.05, 3.63) is 65.7 Å². The first kappa shape index (κ1) is 11.1. The maximum atomic E-state index is 6.27. The Bertz CT molecular complexity index is 719. The maximum Gasteiger partial charge on any atom is 0.0484 e. The Morgan fingerprint density at radius 2 is 1.33 bits per heavy atom. The van der Waals surface area contributed by atoms with E-state index >= 15 is 0 Å². The van der Waals surface area contributed by atoms with Crippen molar-refractivity contribution >= 4 is 28.1 Å². The van der Waals surface area contributed by atoms with Crippen LogP contribution in [0.3, 0.4) is 0 Å². The molecule has 0 aliphatic rings. The lowest BCUT2D eigenvalue weighted by Crippen LogP contribution is -1.89. The van der Waals surface area contributed by atoms with Crippen LogP contribution >= 0.6 is 11.6 Å². The molecule has 0 bridgehead atoms. The van der Waals surface area contributed by atoms with Gasteiger partial charge in [0.2, 0.25) is 0 Å². The van der Waals surface area contributed by atoms with E-state index in [2.05, 4.69) is 6.07 Å². The van der Waals surface area contributed by atoms with Crippen molar-refractivity contribution < 1.29 is 0 Å². The minimum absolute atomic E-state index is 0.757. The molecule has 0 heterocycles. The van der Waals surface area contributed by atoms with Crippen LogP contribution < -0.4 is 5.73 Å². The summed E-state index contributed by atoms with van der Waals surface area (Å²) in [6.45, 7) is 0. The van der Waals surface area contributed by atoms with Crippen LogP contribution in [0, 0.1) is 0 Å². The Kier molecular flexibility index (Phi) is 2.69. The van der Waals surface area contributed by atoms with E-state index in [0.717, 1.165) is 32.6 Å². The lowest BCUT2D eigenvalue weighted by Gasteiger charge is -2.10. The average Bonchev–Trinajstić information content (AvgIpc) is 2.41. The van der Waals surface area contributed by atoms with Crippen molar-refractivity contribution in [2.24, 2.45) is 0 Å². The van der Waals surface area contributed by atoms with Gasteiger partial charge in [0.05, 0.1) is 0 Å². The third-order valence-electron chi connectivity index (χ3n) is 3.12.